The van der Waals surface area contributed by atoms with Crippen LogP contribution in [0.25, 0.3) is 10.9 Å². The molecule has 28 heavy (non-hydrogen) atoms. The van der Waals surface area contributed by atoms with Crippen LogP contribution in [0.3, 0.4) is 0 Å². The second-order valence-electron chi connectivity index (χ2n) is 6.51. The van der Waals surface area contributed by atoms with Crippen LogP contribution in [0.4, 0.5) is 5.69 Å². The Morgan fingerprint density at radius 1 is 1.04 bits per heavy atom. The molecular formula is C20H21N3O4S. The van der Waals surface area contributed by atoms with Crippen LogP contribution in [0.1, 0.15) is 24.3 Å². The number of fused-ring (bicyclic) bond motifs is 1. The Hall–Kier alpha value is -2.97. The number of sulfonamides is 1. The third-order valence-electron chi connectivity index (χ3n) is 3.94. The quantitative estimate of drug-likeness (QED) is 0.663. The van der Waals surface area contributed by atoms with Crippen molar-refractivity contribution < 1.29 is 17.9 Å². The Morgan fingerprint density at radius 2 is 1.75 bits per heavy atom. The Balaban J connectivity index is 1.76. The highest BCUT2D eigenvalue weighted by Gasteiger charge is 2.15. The van der Waals surface area contributed by atoms with Crippen LogP contribution in [0.2, 0.25) is 0 Å². The molecule has 0 aliphatic carbocycles. The summed E-state index contributed by atoms with van der Waals surface area (Å²) in [4.78, 5) is 17.0. The van der Waals surface area contributed by atoms with Crippen molar-refractivity contribution in [2.45, 2.75) is 24.8 Å². The lowest BCUT2D eigenvalue weighted by molar-refractivity contribution is 0.102. The Morgan fingerprint density at radius 3 is 2.39 bits per heavy atom. The third kappa shape index (κ3) is 4.47. The zero-order valence-corrected chi connectivity index (χ0v) is 16.6. The summed E-state index contributed by atoms with van der Waals surface area (Å²) in [6, 6.07) is 14.6. The van der Waals surface area contributed by atoms with E-state index in [4.69, 9.17) is 4.74 Å². The van der Waals surface area contributed by atoms with Gasteiger partial charge in [0.25, 0.3) is 5.91 Å². The maximum Gasteiger partial charge on any atom is 0.274 e. The second-order valence-corrected chi connectivity index (χ2v) is 8.22. The van der Waals surface area contributed by atoms with E-state index in [0.29, 0.717) is 17.0 Å². The van der Waals surface area contributed by atoms with Crippen LogP contribution in [-0.4, -0.2) is 32.5 Å². The van der Waals surface area contributed by atoms with Gasteiger partial charge in [-0.1, -0.05) is 6.07 Å². The Kier molecular flexibility index (Phi) is 5.62. The van der Waals surface area contributed by atoms with Gasteiger partial charge in [0.1, 0.15) is 11.4 Å². The molecule has 3 aromatic rings. The molecule has 1 amide bonds. The summed E-state index contributed by atoms with van der Waals surface area (Å²) in [6.45, 7) is 3.50. The van der Waals surface area contributed by atoms with Crippen LogP contribution in [0.15, 0.2) is 59.5 Å². The van der Waals surface area contributed by atoms with Crippen molar-refractivity contribution >= 4 is 32.5 Å². The molecule has 1 aromatic heterocycles. The standard InChI is InChI=1S/C20H21N3O4S/c1-13(2)23-28(25,26)17-8-5-15(6-9-17)21-20(24)19-10-4-14-12-16(27-3)7-11-18(14)22-19/h4-13,23H,1-3H3,(H,21,24). The average Bonchev–Trinajstić information content (AvgIpc) is 2.66. The van der Waals surface area contributed by atoms with Gasteiger partial charge in [-0.2, -0.15) is 0 Å². The van der Waals surface area contributed by atoms with Crippen molar-refractivity contribution in [2.24, 2.45) is 0 Å². The molecule has 0 aliphatic rings. The van der Waals surface area contributed by atoms with Crippen LogP contribution < -0.4 is 14.8 Å². The molecule has 2 N–H and O–H groups in total. The van der Waals surface area contributed by atoms with E-state index in [1.165, 1.54) is 12.1 Å². The fourth-order valence-corrected chi connectivity index (χ4v) is 3.90. The first kappa shape index (κ1) is 19.8. The van der Waals surface area contributed by atoms with Crippen molar-refractivity contribution in [3.63, 3.8) is 0 Å². The molecule has 0 atom stereocenters. The monoisotopic (exact) mass is 399 g/mol. The molecular weight excluding hydrogens is 378 g/mol. The average molecular weight is 399 g/mol. The van der Waals surface area contributed by atoms with E-state index in [-0.39, 0.29) is 22.5 Å². The molecule has 1 heterocycles. The normalized spacial score (nSPS) is 11.6. The molecule has 0 radical (unpaired) electrons. The van der Waals surface area contributed by atoms with Gasteiger partial charge in [0.05, 0.1) is 17.5 Å². The van der Waals surface area contributed by atoms with Crippen molar-refractivity contribution in [1.82, 2.24) is 9.71 Å². The topological polar surface area (TPSA) is 97.4 Å². The first-order valence-corrected chi connectivity index (χ1v) is 10.2. The molecule has 2 aromatic carbocycles. The number of ether oxygens (including phenoxy) is 1. The largest absolute Gasteiger partial charge is 0.497 e. The number of nitrogens with one attached hydrogen (secondary N) is 2. The zero-order valence-electron chi connectivity index (χ0n) is 15.8. The van der Waals surface area contributed by atoms with Crippen molar-refractivity contribution in [3.8, 4) is 5.75 Å². The van der Waals surface area contributed by atoms with Gasteiger partial charge < -0.3 is 10.1 Å². The maximum absolute atomic E-state index is 12.5. The lowest BCUT2D eigenvalue weighted by Gasteiger charge is -2.10. The first-order valence-electron chi connectivity index (χ1n) is 8.67. The number of nitrogens with zero attached hydrogens (tertiary/aromatic N) is 1. The molecule has 0 unspecified atom stereocenters. The van der Waals surface area contributed by atoms with E-state index >= 15 is 0 Å². The van der Waals surface area contributed by atoms with Crippen LogP contribution in [0.5, 0.6) is 5.75 Å². The lowest BCUT2D eigenvalue weighted by Crippen LogP contribution is -2.30. The van der Waals surface area contributed by atoms with E-state index in [0.717, 1.165) is 5.39 Å². The number of carbonyl (C=O) groups excluding carboxylic acids is 1. The number of pyridine rings is 1. The van der Waals surface area contributed by atoms with Crippen molar-refractivity contribution in [1.29, 1.82) is 0 Å². The number of aromatic nitrogens is 1. The van der Waals surface area contributed by atoms with Gasteiger partial charge in [-0.15, -0.1) is 0 Å². The summed E-state index contributed by atoms with van der Waals surface area (Å²) in [5.41, 5.74) is 1.41. The van der Waals surface area contributed by atoms with E-state index < -0.39 is 10.0 Å². The predicted octanol–water partition coefficient (Wildman–Crippen LogP) is 3.18. The van der Waals surface area contributed by atoms with Crippen LogP contribution >= 0.6 is 0 Å². The molecule has 0 bridgehead atoms. The first-order chi connectivity index (χ1) is 13.3. The van der Waals surface area contributed by atoms with Gasteiger partial charge in [0.2, 0.25) is 10.0 Å². The summed E-state index contributed by atoms with van der Waals surface area (Å²) in [5.74, 6) is 0.335. The second kappa shape index (κ2) is 7.95. The number of hydrogen-bond donors (Lipinski definition) is 2. The minimum atomic E-state index is -3.57. The van der Waals surface area contributed by atoms with Crippen LogP contribution in [0, 0.1) is 0 Å². The Labute approximate surface area is 163 Å². The number of hydrogen-bond acceptors (Lipinski definition) is 5. The number of benzene rings is 2. The molecule has 3 rings (SSSR count). The van der Waals surface area contributed by atoms with E-state index in [1.807, 2.05) is 6.07 Å². The van der Waals surface area contributed by atoms with Gasteiger partial charge in [-0.3, -0.25) is 4.79 Å². The molecule has 146 valence electrons. The van der Waals surface area contributed by atoms with Crippen molar-refractivity contribution in [3.05, 3.63) is 60.3 Å². The number of anilines is 1. The van der Waals surface area contributed by atoms with Gasteiger partial charge >= 0.3 is 0 Å². The summed E-state index contributed by atoms with van der Waals surface area (Å²) < 4.78 is 32.0. The molecule has 0 saturated heterocycles. The fourth-order valence-electron chi connectivity index (χ4n) is 2.65. The molecule has 0 spiro atoms. The van der Waals surface area contributed by atoms with E-state index in [1.54, 1.807) is 57.4 Å². The SMILES string of the molecule is COc1ccc2nc(C(=O)Nc3ccc(S(=O)(=O)NC(C)C)cc3)ccc2c1. The van der Waals surface area contributed by atoms with Gasteiger partial charge in [0.15, 0.2) is 0 Å². The summed E-state index contributed by atoms with van der Waals surface area (Å²) in [5, 5.41) is 3.59. The van der Waals surface area contributed by atoms with Gasteiger partial charge in [-0.05, 0) is 62.4 Å². The number of amides is 1. The number of carbonyl (C=O) groups is 1. The van der Waals surface area contributed by atoms with Crippen molar-refractivity contribution in [2.75, 3.05) is 12.4 Å². The van der Waals surface area contributed by atoms with Gasteiger partial charge in [0, 0.05) is 17.1 Å². The molecule has 0 fully saturated rings. The summed E-state index contributed by atoms with van der Waals surface area (Å²) in [7, 11) is -1.98. The van der Waals surface area contributed by atoms with E-state index in [9.17, 15) is 13.2 Å². The highest BCUT2D eigenvalue weighted by molar-refractivity contribution is 7.89. The number of methoxy groups -OCH3 is 1. The maximum atomic E-state index is 12.5. The summed E-state index contributed by atoms with van der Waals surface area (Å²) in [6.07, 6.45) is 0. The fraction of sp³-hybridized carbons (Fsp3) is 0.200. The minimum absolute atomic E-state index is 0.136. The Bertz CT molecular complexity index is 1110. The highest BCUT2D eigenvalue weighted by atomic mass is 32.2. The molecule has 0 aliphatic heterocycles. The van der Waals surface area contributed by atoms with Crippen LogP contribution in [-0.2, 0) is 10.0 Å². The minimum Gasteiger partial charge on any atom is -0.497 e. The molecule has 0 saturated carbocycles. The number of rotatable bonds is 6. The third-order valence-corrected chi connectivity index (χ3v) is 5.62. The highest BCUT2D eigenvalue weighted by Crippen LogP contribution is 2.20. The zero-order chi connectivity index (χ0) is 20.3. The van der Waals surface area contributed by atoms with Gasteiger partial charge in [-0.25, -0.2) is 18.1 Å². The summed E-state index contributed by atoms with van der Waals surface area (Å²) >= 11 is 0. The molecule has 8 heteroatoms. The smallest absolute Gasteiger partial charge is 0.274 e. The predicted molar refractivity (Wildman–Crippen MR) is 108 cm³/mol. The lowest BCUT2D eigenvalue weighted by atomic mass is 10.2. The molecule has 7 nitrogen and oxygen atoms in total. The van der Waals surface area contributed by atoms with E-state index in [2.05, 4.69) is 15.0 Å².